The quantitative estimate of drug-likeness (QED) is 0.547. The first-order chi connectivity index (χ1) is 11.0. The van der Waals surface area contributed by atoms with Crippen molar-refractivity contribution in [2.24, 2.45) is 5.73 Å². The van der Waals surface area contributed by atoms with E-state index < -0.39 is 18.0 Å². The van der Waals surface area contributed by atoms with Crippen molar-refractivity contribution < 1.29 is 49.4 Å². The Balaban J connectivity index is 0.000000241. The van der Waals surface area contributed by atoms with E-state index in [1.165, 1.54) is 22.3 Å². The van der Waals surface area contributed by atoms with E-state index in [0.29, 0.717) is 0 Å². The van der Waals surface area contributed by atoms with Crippen molar-refractivity contribution in [1.29, 1.82) is 0 Å². The normalized spacial score (nSPS) is 11.9. The Morgan fingerprint density at radius 1 is 1.04 bits per heavy atom. The average molecular weight is 335 g/mol. The topological polar surface area (TPSA) is 103 Å². The molecule has 2 aromatic carbocycles. The van der Waals surface area contributed by atoms with E-state index in [0.717, 1.165) is 6.42 Å². The molecule has 0 heterocycles. The fraction of sp³-hybridized carbons (Fsp3) is 0.222. The number of carboxylic acid groups (broad SMARTS) is 2. The fourth-order valence-electron chi connectivity index (χ4n) is 2.48. The third kappa shape index (κ3) is 5.46. The Morgan fingerprint density at radius 3 is 1.92 bits per heavy atom. The van der Waals surface area contributed by atoms with Crippen LogP contribution in [0.5, 0.6) is 0 Å². The van der Waals surface area contributed by atoms with Crippen LogP contribution in [0.2, 0.25) is 0 Å². The number of rotatable bonds is 4. The maximum atomic E-state index is 9.88. The molecule has 0 aliphatic heterocycles. The van der Waals surface area contributed by atoms with Crippen LogP contribution in [0, 0.1) is 0 Å². The molecule has 0 fully saturated rings. The Bertz CT molecular complexity index is 674. The Morgan fingerprint density at radius 2 is 1.50 bits per heavy atom. The number of carboxylic acids is 2. The monoisotopic (exact) mass is 335 g/mol. The molecule has 0 saturated heterocycles. The third-order valence-corrected chi connectivity index (χ3v) is 3.68. The van der Waals surface area contributed by atoms with Gasteiger partial charge >= 0.3 is 35.5 Å². The molecule has 1 aliphatic rings. The first-order valence-electron chi connectivity index (χ1n) is 7.33. The Kier molecular flexibility index (Phi) is 8.15. The minimum absolute atomic E-state index is 0. The summed E-state index contributed by atoms with van der Waals surface area (Å²) in [5.74, 6) is -2.47. The summed E-state index contributed by atoms with van der Waals surface area (Å²) in [6.07, 6.45) is 0.777. The van der Waals surface area contributed by atoms with Gasteiger partial charge in [-0.25, -0.2) is 0 Å². The predicted molar refractivity (Wildman–Crippen MR) is 84.5 cm³/mol. The molecule has 2 aromatic rings. The van der Waals surface area contributed by atoms with Crippen molar-refractivity contribution >= 4 is 11.9 Å². The number of carbonyl (C=O) groups is 2. The van der Waals surface area contributed by atoms with Gasteiger partial charge in [-0.05, 0) is 35.1 Å². The van der Waals surface area contributed by atoms with Gasteiger partial charge in [-0.15, -0.1) is 0 Å². The third-order valence-electron chi connectivity index (χ3n) is 3.68. The second-order valence-electron chi connectivity index (χ2n) is 5.35. The second-order valence-corrected chi connectivity index (χ2v) is 5.35. The largest absolute Gasteiger partial charge is 1.00 e. The van der Waals surface area contributed by atoms with E-state index in [1.54, 1.807) is 0 Å². The van der Waals surface area contributed by atoms with Gasteiger partial charge in [0.2, 0.25) is 0 Å². The summed E-state index contributed by atoms with van der Waals surface area (Å²) < 4.78 is 0. The summed E-state index contributed by atoms with van der Waals surface area (Å²) in [4.78, 5) is 19.7. The fourth-order valence-corrected chi connectivity index (χ4v) is 2.48. The molecular formula is C18H18NNaO4. The Hall–Kier alpha value is -1.66. The van der Waals surface area contributed by atoms with Crippen LogP contribution in [0.1, 0.15) is 24.0 Å². The minimum atomic E-state index is -1.42. The van der Waals surface area contributed by atoms with Crippen molar-refractivity contribution in [2.45, 2.75) is 25.3 Å². The van der Waals surface area contributed by atoms with Crippen LogP contribution < -0.4 is 40.4 Å². The van der Waals surface area contributed by atoms with Crippen LogP contribution in [-0.2, 0) is 16.0 Å². The van der Waals surface area contributed by atoms with Crippen molar-refractivity contribution in [2.75, 3.05) is 0 Å². The van der Waals surface area contributed by atoms with Gasteiger partial charge in [0.1, 0.15) is 0 Å². The van der Waals surface area contributed by atoms with Gasteiger partial charge in [0, 0.05) is 12.5 Å². The number of hydrogen-bond donors (Lipinski definition) is 2. The molecule has 0 aromatic heterocycles. The number of carbonyl (C=O) groups excluding carboxylic acids is 1. The van der Waals surface area contributed by atoms with Crippen LogP contribution in [-0.4, -0.2) is 23.1 Å². The van der Waals surface area contributed by atoms with Crippen molar-refractivity contribution in [3.63, 3.8) is 0 Å². The number of hydrogen-bond acceptors (Lipinski definition) is 4. The zero-order chi connectivity index (χ0) is 16.8. The zero-order valence-electron chi connectivity index (χ0n) is 13.6. The van der Waals surface area contributed by atoms with Gasteiger partial charge in [0.25, 0.3) is 0 Å². The average Bonchev–Trinajstić information content (AvgIpc) is 2.91. The van der Waals surface area contributed by atoms with Gasteiger partial charge in [0.05, 0.1) is 5.97 Å². The maximum Gasteiger partial charge on any atom is 1.00 e. The van der Waals surface area contributed by atoms with Crippen molar-refractivity contribution in [3.8, 4) is 11.1 Å². The van der Waals surface area contributed by atoms with E-state index >= 15 is 0 Å². The van der Waals surface area contributed by atoms with E-state index in [1.807, 2.05) is 0 Å². The smallest absolute Gasteiger partial charge is 0.548 e. The van der Waals surface area contributed by atoms with Crippen molar-refractivity contribution in [3.05, 3.63) is 59.7 Å². The van der Waals surface area contributed by atoms with Gasteiger partial charge in [-0.2, -0.15) is 0 Å². The van der Waals surface area contributed by atoms with Crippen LogP contribution >= 0.6 is 0 Å². The van der Waals surface area contributed by atoms with Crippen molar-refractivity contribution in [1.82, 2.24) is 0 Å². The maximum absolute atomic E-state index is 9.88. The number of benzene rings is 2. The molecule has 5 nitrogen and oxygen atoms in total. The van der Waals surface area contributed by atoms with E-state index in [9.17, 15) is 14.7 Å². The molecule has 0 saturated carbocycles. The zero-order valence-corrected chi connectivity index (χ0v) is 15.6. The molecular weight excluding hydrogens is 317 g/mol. The van der Waals surface area contributed by atoms with Gasteiger partial charge in [0.15, 0.2) is 0 Å². The van der Waals surface area contributed by atoms with E-state index in [-0.39, 0.29) is 42.4 Å². The second kappa shape index (κ2) is 9.59. The standard InChI is InChI=1S/C13H10.C5H9NO4.Na/c1-3-7-12-10(5-1)9-11-6-2-4-8-13(11)12;6-3(5(9)10)1-2-4(7)8;/h1-8H,9H2;3H,1-2,6H2,(H,7,8)(H,9,10);/q;;+1/p-1. The molecule has 24 heavy (non-hydrogen) atoms. The summed E-state index contributed by atoms with van der Waals surface area (Å²) in [6, 6.07) is 16.1. The van der Waals surface area contributed by atoms with E-state index in [4.69, 9.17) is 10.8 Å². The summed E-state index contributed by atoms with van der Waals surface area (Å²) in [6.45, 7) is 0. The SMILES string of the molecule is NC(CCC(=O)O)C(=O)[O-].[Na+].c1ccc2c(c1)Cc1ccccc1-2. The molecule has 1 aliphatic carbocycles. The number of nitrogens with two attached hydrogens (primary N) is 1. The Labute approximate surface area is 162 Å². The molecule has 0 bridgehead atoms. The molecule has 1 unspecified atom stereocenters. The van der Waals surface area contributed by atoms with Crippen LogP contribution in [0.4, 0.5) is 0 Å². The molecule has 1 atom stereocenters. The van der Waals surface area contributed by atoms with Gasteiger partial charge in [-0.1, -0.05) is 48.5 Å². The van der Waals surface area contributed by atoms with Gasteiger partial charge < -0.3 is 20.7 Å². The minimum Gasteiger partial charge on any atom is -0.548 e. The predicted octanol–water partition coefficient (Wildman–Crippen LogP) is -1.81. The molecule has 3 N–H and O–H groups in total. The molecule has 6 heteroatoms. The first-order valence-corrected chi connectivity index (χ1v) is 7.33. The molecule has 3 rings (SSSR count). The van der Waals surface area contributed by atoms with Gasteiger partial charge in [-0.3, -0.25) is 4.79 Å². The molecule has 0 spiro atoms. The summed E-state index contributed by atoms with van der Waals surface area (Å²) in [7, 11) is 0. The molecule has 120 valence electrons. The summed E-state index contributed by atoms with van der Waals surface area (Å²) in [5.41, 5.74) is 10.7. The van der Waals surface area contributed by atoms with Crippen LogP contribution in [0.3, 0.4) is 0 Å². The first kappa shape index (κ1) is 20.4. The summed E-state index contributed by atoms with van der Waals surface area (Å²) >= 11 is 0. The summed E-state index contributed by atoms with van der Waals surface area (Å²) in [5, 5.41) is 18.0. The van der Waals surface area contributed by atoms with E-state index in [2.05, 4.69) is 48.5 Å². The molecule has 0 radical (unpaired) electrons. The number of fused-ring (bicyclic) bond motifs is 3. The molecule has 0 amide bonds. The van der Waals surface area contributed by atoms with Crippen LogP contribution in [0.15, 0.2) is 48.5 Å². The van der Waals surface area contributed by atoms with Crippen LogP contribution in [0.25, 0.3) is 11.1 Å². The number of aliphatic carboxylic acids is 2.